The number of nitrogens with one attached hydrogen (secondary N) is 1. The molecule has 0 bridgehead atoms. The molecule has 1 aromatic rings. The standard InChI is InChI=1S/C14H23FN2/c1-10(2)6-4-5-7-17-14-8-11(3)12(15)9-13(14)16/h8-10,17H,4-7,16H2,1-3H3. The topological polar surface area (TPSA) is 38.0 Å². The molecule has 0 aliphatic heterocycles. The van der Waals surface area contributed by atoms with Gasteiger partial charge in [-0.1, -0.05) is 26.7 Å². The highest BCUT2D eigenvalue weighted by Gasteiger charge is 2.04. The van der Waals surface area contributed by atoms with Crippen LogP contribution in [0.3, 0.4) is 0 Å². The highest BCUT2D eigenvalue weighted by Crippen LogP contribution is 2.22. The van der Waals surface area contributed by atoms with Gasteiger partial charge in [-0.25, -0.2) is 4.39 Å². The van der Waals surface area contributed by atoms with Gasteiger partial charge in [0.05, 0.1) is 11.4 Å². The van der Waals surface area contributed by atoms with E-state index in [4.69, 9.17) is 5.73 Å². The second-order valence-electron chi connectivity index (χ2n) is 5.01. The smallest absolute Gasteiger partial charge is 0.128 e. The first-order chi connectivity index (χ1) is 8.00. The van der Waals surface area contributed by atoms with Crippen molar-refractivity contribution in [3.05, 3.63) is 23.5 Å². The van der Waals surface area contributed by atoms with Crippen LogP contribution in [-0.2, 0) is 0 Å². The first kappa shape index (κ1) is 13.8. The zero-order valence-corrected chi connectivity index (χ0v) is 11.0. The largest absolute Gasteiger partial charge is 0.397 e. The lowest BCUT2D eigenvalue weighted by atomic mass is 10.1. The fourth-order valence-electron chi connectivity index (χ4n) is 1.75. The summed E-state index contributed by atoms with van der Waals surface area (Å²) in [5, 5.41) is 3.26. The number of nitrogens with two attached hydrogens (primary N) is 1. The van der Waals surface area contributed by atoms with Crippen LogP contribution in [0.2, 0.25) is 0 Å². The maximum Gasteiger partial charge on any atom is 0.128 e. The zero-order valence-electron chi connectivity index (χ0n) is 11.0. The SMILES string of the molecule is Cc1cc(NCCCCC(C)C)c(N)cc1F. The molecule has 0 aromatic heterocycles. The van der Waals surface area contributed by atoms with Crippen molar-refractivity contribution in [3.8, 4) is 0 Å². The molecule has 0 amide bonds. The summed E-state index contributed by atoms with van der Waals surface area (Å²) in [7, 11) is 0. The van der Waals surface area contributed by atoms with Gasteiger partial charge in [0.15, 0.2) is 0 Å². The van der Waals surface area contributed by atoms with Crippen molar-refractivity contribution in [2.45, 2.75) is 40.0 Å². The molecule has 0 aliphatic rings. The Balaban J connectivity index is 2.39. The normalized spacial score (nSPS) is 10.9. The van der Waals surface area contributed by atoms with Gasteiger partial charge in [0.25, 0.3) is 0 Å². The van der Waals surface area contributed by atoms with Gasteiger partial charge in [-0.05, 0) is 37.0 Å². The number of hydrogen-bond donors (Lipinski definition) is 2. The Labute approximate surface area is 103 Å². The number of nitrogen functional groups attached to an aromatic ring is 1. The molecule has 17 heavy (non-hydrogen) atoms. The summed E-state index contributed by atoms with van der Waals surface area (Å²) in [6, 6.07) is 3.15. The molecule has 1 aromatic carbocycles. The Morgan fingerprint density at radius 1 is 1.29 bits per heavy atom. The maximum absolute atomic E-state index is 13.2. The minimum absolute atomic E-state index is 0.243. The van der Waals surface area contributed by atoms with E-state index in [1.807, 2.05) is 0 Å². The molecule has 3 heteroatoms. The Kier molecular flexibility index (Phi) is 5.26. The molecule has 0 atom stereocenters. The van der Waals surface area contributed by atoms with Gasteiger partial charge in [0.2, 0.25) is 0 Å². The van der Waals surface area contributed by atoms with Gasteiger partial charge in [-0.15, -0.1) is 0 Å². The molecule has 0 heterocycles. The van der Waals surface area contributed by atoms with Crippen LogP contribution in [0.15, 0.2) is 12.1 Å². The molecule has 0 saturated carbocycles. The van der Waals surface area contributed by atoms with E-state index in [9.17, 15) is 4.39 Å². The van der Waals surface area contributed by atoms with E-state index in [0.717, 1.165) is 24.6 Å². The van der Waals surface area contributed by atoms with Gasteiger partial charge in [0.1, 0.15) is 5.82 Å². The second kappa shape index (κ2) is 6.48. The summed E-state index contributed by atoms with van der Waals surface area (Å²) in [6.45, 7) is 7.10. The van der Waals surface area contributed by atoms with E-state index in [-0.39, 0.29) is 5.82 Å². The van der Waals surface area contributed by atoms with Gasteiger partial charge in [0, 0.05) is 6.54 Å². The fourth-order valence-corrected chi connectivity index (χ4v) is 1.75. The van der Waals surface area contributed by atoms with Crippen molar-refractivity contribution in [1.29, 1.82) is 0 Å². The fraction of sp³-hybridized carbons (Fsp3) is 0.571. The van der Waals surface area contributed by atoms with Gasteiger partial charge >= 0.3 is 0 Å². The van der Waals surface area contributed by atoms with Gasteiger partial charge < -0.3 is 11.1 Å². The number of rotatable bonds is 6. The number of anilines is 2. The third kappa shape index (κ3) is 4.63. The zero-order chi connectivity index (χ0) is 12.8. The number of benzene rings is 1. The first-order valence-electron chi connectivity index (χ1n) is 6.30. The lowest BCUT2D eigenvalue weighted by Gasteiger charge is -2.11. The van der Waals surface area contributed by atoms with E-state index < -0.39 is 0 Å². The summed E-state index contributed by atoms with van der Waals surface area (Å²) in [6.07, 6.45) is 3.58. The molecule has 3 N–H and O–H groups in total. The van der Waals surface area contributed by atoms with Gasteiger partial charge in [-0.2, -0.15) is 0 Å². The molecule has 0 radical (unpaired) electrons. The summed E-state index contributed by atoms with van der Waals surface area (Å²) in [5.74, 6) is 0.515. The molecule has 0 fully saturated rings. The predicted molar refractivity (Wildman–Crippen MR) is 72.7 cm³/mol. The summed E-state index contributed by atoms with van der Waals surface area (Å²) >= 11 is 0. The molecule has 2 nitrogen and oxygen atoms in total. The van der Waals surface area contributed by atoms with Crippen molar-refractivity contribution >= 4 is 11.4 Å². The van der Waals surface area contributed by atoms with E-state index in [2.05, 4.69) is 19.2 Å². The van der Waals surface area contributed by atoms with Crippen LogP contribution in [0.1, 0.15) is 38.7 Å². The highest BCUT2D eigenvalue weighted by molar-refractivity contribution is 5.67. The summed E-state index contributed by atoms with van der Waals surface area (Å²) < 4.78 is 13.2. The van der Waals surface area contributed by atoms with E-state index in [1.54, 1.807) is 13.0 Å². The molecular weight excluding hydrogens is 215 g/mol. The highest BCUT2D eigenvalue weighted by atomic mass is 19.1. The van der Waals surface area contributed by atoms with Crippen LogP contribution in [0.25, 0.3) is 0 Å². The van der Waals surface area contributed by atoms with Crippen LogP contribution in [0.4, 0.5) is 15.8 Å². The maximum atomic E-state index is 13.2. The van der Waals surface area contributed by atoms with Crippen LogP contribution in [-0.4, -0.2) is 6.54 Å². The lowest BCUT2D eigenvalue weighted by Crippen LogP contribution is -2.05. The molecule has 0 unspecified atom stereocenters. The minimum atomic E-state index is -0.243. The quantitative estimate of drug-likeness (QED) is 0.581. The predicted octanol–water partition coefficient (Wildman–Crippen LogP) is 3.95. The Morgan fingerprint density at radius 2 is 2.00 bits per heavy atom. The third-order valence-corrected chi connectivity index (χ3v) is 2.85. The van der Waals surface area contributed by atoms with Crippen molar-refractivity contribution in [1.82, 2.24) is 0 Å². The molecule has 1 rings (SSSR count). The average Bonchev–Trinajstić information content (AvgIpc) is 2.24. The first-order valence-corrected chi connectivity index (χ1v) is 6.30. The number of halogens is 1. The van der Waals surface area contributed by atoms with E-state index in [1.165, 1.54) is 18.9 Å². The molecule has 0 aliphatic carbocycles. The van der Waals surface area contributed by atoms with E-state index >= 15 is 0 Å². The van der Waals surface area contributed by atoms with E-state index in [0.29, 0.717) is 11.3 Å². The van der Waals surface area contributed by atoms with Crippen molar-refractivity contribution in [2.24, 2.45) is 5.92 Å². The lowest BCUT2D eigenvalue weighted by molar-refractivity contribution is 0.545. The number of aryl methyl sites for hydroxylation is 1. The molecular formula is C14H23FN2. The van der Waals surface area contributed by atoms with Crippen LogP contribution >= 0.6 is 0 Å². The molecule has 0 saturated heterocycles. The van der Waals surface area contributed by atoms with Crippen molar-refractivity contribution in [2.75, 3.05) is 17.6 Å². The van der Waals surface area contributed by atoms with Crippen LogP contribution < -0.4 is 11.1 Å². The van der Waals surface area contributed by atoms with Gasteiger partial charge in [-0.3, -0.25) is 0 Å². The summed E-state index contributed by atoms with van der Waals surface area (Å²) in [4.78, 5) is 0. The number of hydrogen-bond acceptors (Lipinski definition) is 2. The number of unbranched alkanes of at least 4 members (excludes halogenated alkanes) is 1. The monoisotopic (exact) mass is 238 g/mol. The molecule has 0 spiro atoms. The second-order valence-corrected chi connectivity index (χ2v) is 5.01. The molecule has 96 valence electrons. The Morgan fingerprint density at radius 3 is 2.65 bits per heavy atom. The summed E-state index contributed by atoms with van der Waals surface area (Å²) in [5.41, 5.74) is 7.70. The Hall–Kier alpha value is -1.25. The average molecular weight is 238 g/mol. The Bertz CT molecular complexity index is 361. The van der Waals surface area contributed by atoms with Crippen molar-refractivity contribution in [3.63, 3.8) is 0 Å². The third-order valence-electron chi connectivity index (χ3n) is 2.85. The minimum Gasteiger partial charge on any atom is -0.397 e. The van der Waals surface area contributed by atoms with Crippen LogP contribution in [0.5, 0.6) is 0 Å². The van der Waals surface area contributed by atoms with Crippen LogP contribution in [0, 0.1) is 18.7 Å². The van der Waals surface area contributed by atoms with Crippen molar-refractivity contribution < 1.29 is 4.39 Å².